The van der Waals surface area contributed by atoms with E-state index in [1.165, 1.54) is 6.20 Å². The molecule has 1 aromatic heterocycles. The van der Waals surface area contributed by atoms with Gasteiger partial charge in [0.25, 0.3) is 5.91 Å². The summed E-state index contributed by atoms with van der Waals surface area (Å²) in [4.78, 5) is 35.3. The lowest BCUT2D eigenvalue weighted by molar-refractivity contribution is 0.100. The Balaban J connectivity index is 1.48. The topological polar surface area (TPSA) is 134 Å². The summed E-state index contributed by atoms with van der Waals surface area (Å²) in [7, 11) is 1.64. The van der Waals surface area contributed by atoms with E-state index < -0.39 is 5.91 Å². The number of anilines is 4. The molecule has 188 valence electrons. The minimum atomic E-state index is -0.622. The van der Waals surface area contributed by atoms with E-state index in [0.717, 1.165) is 18.4 Å². The van der Waals surface area contributed by atoms with E-state index in [-0.39, 0.29) is 29.6 Å². The number of hydrogen-bond donors (Lipinski definition) is 4. The molecule has 3 amide bonds. The first-order chi connectivity index (χ1) is 17.4. The summed E-state index contributed by atoms with van der Waals surface area (Å²) in [5, 5.41) is 9.34. The van der Waals surface area contributed by atoms with E-state index in [4.69, 9.17) is 10.5 Å². The number of benzene rings is 2. The van der Waals surface area contributed by atoms with Gasteiger partial charge in [-0.15, -0.1) is 0 Å². The summed E-state index contributed by atoms with van der Waals surface area (Å²) < 4.78 is 5.24. The fraction of sp³-hybridized carbons (Fsp3) is 0.308. The standard InChI is InChI=1S/C26H31N7O3/c1-17(18-8-4-3-5-9-18)29-24-22(23(27)34)15-28-25(32-24)30-19-10-6-11-20(14-19)31-26(35)33-13-7-12-21(33)16-36-2/h3-6,8-11,14-15,17,21H,7,12-13,16H2,1-2H3,(H2,27,34)(H,31,35)(H2,28,29,30,32)/t17-,21+/m1/s1. The molecule has 2 aromatic carbocycles. The van der Waals surface area contributed by atoms with Gasteiger partial charge in [0.2, 0.25) is 5.95 Å². The Labute approximate surface area is 210 Å². The predicted molar refractivity (Wildman–Crippen MR) is 139 cm³/mol. The van der Waals surface area contributed by atoms with E-state index in [0.29, 0.717) is 30.3 Å². The highest BCUT2D eigenvalue weighted by molar-refractivity contribution is 5.97. The van der Waals surface area contributed by atoms with E-state index in [1.807, 2.05) is 55.5 Å². The van der Waals surface area contributed by atoms with Crippen molar-refractivity contribution in [3.05, 3.63) is 71.9 Å². The molecular weight excluding hydrogens is 458 g/mol. The largest absolute Gasteiger partial charge is 0.383 e. The highest BCUT2D eigenvalue weighted by Crippen LogP contribution is 2.24. The van der Waals surface area contributed by atoms with E-state index in [1.54, 1.807) is 18.1 Å². The fourth-order valence-corrected chi connectivity index (χ4v) is 4.23. The van der Waals surface area contributed by atoms with E-state index in [2.05, 4.69) is 25.9 Å². The van der Waals surface area contributed by atoms with Gasteiger partial charge in [-0.2, -0.15) is 4.98 Å². The first-order valence-corrected chi connectivity index (χ1v) is 11.9. The zero-order chi connectivity index (χ0) is 25.5. The highest BCUT2D eigenvalue weighted by Gasteiger charge is 2.28. The summed E-state index contributed by atoms with van der Waals surface area (Å²) in [6.45, 7) is 3.20. The Morgan fingerprint density at radius 2 is 1.94 bits per heavy atom. The van der Waals surface area contributed by atoms with Crippen LogP contribution in [0, 0.1) is 0 Å². The third-order valence-corrected chi connectivity index (χ3v) is 6.07. The number of carbonyl (C=O) groups is 2. The predicted octanol–water partition coefficient (Wildman–Crippen LogP) is 4.13. The van der Waals surface area contributed by atoms with Gasteiger partial charge >= 0.3 is 6.03 Å². The van der Waals surface area contributed by atoms with Crippen molar-refractivity contribution in [2.75, 3.05) is 36.2 Å². The summed E-state index contributed by atoms with van der Waals surface area (Å²) in [5.74, 6) is -0.00678. The fourth-order valence-electron chi connectivity index (χ4n) is 4.23. The van der Waals surface area contributed by atoms with Crippen molar-refractivity contribution in [2.45, 2.75) is 31.8 Å². The van der Waals surface area contributed by atoms with Crippen molar-refractivity contribution in [1.82, 2.24) is 14.9 Å². The molecule has 10 nitrogen and oxygen atoms in total. The van der Waals surface area contributed by atoms with Crippen LogP contribution in [0.25, 0.3) is 0 Å². The first kappa shape index (κ1) is 24.9. The number of primary amides is 1. The SMILES string of the molecule is COC[C@@H]1CCCN1C(=O)Nc1cccc(Nc2ncc(C(N)=O)c(N[C@H](C)c3ccccc3)n2)c1. The van der Waals surface area contributed by atoms with Crippen molar-refractivity contribution < 1.29 is 14.3 Å². The van der Waals surface area contributed by atoms with Crippen LogP contribution in [-0.4, -0.2) is 53.1 Å². The number of nitrogens with two attached hydrogens (primary N) is 1. The quantitative estimate of drug-likeness (QED) is 0.355. The normalized spacial score (nSPS) is 15.8. The number of nitrogens with zero attached hydrogens (tertiary/aromatic N) is 3. The zero-order valence-corrected chi connectivity index (χ0v) is 20.4. The van der Waals surface area contributed by atoms with Crippen LogP contribution in [0.15, 0.2) is 60.8 Å². The number of carbonyl (C=O) groups excluding carboxylic acids is 2. The molecule has 2 heterocycles. The Bertz CT molecular complexity index is 1210. The second-order valence-corrected chi connectivity index (χ2v) is 8.68. The molecule has 10 heteroatoms. The van der Waals surface area contributed by atoms with Crippen LogP contribution in [0.5, 0.6) is 0 Å². The molecule has 1 aliphatic rings. The van der Waals surface area contributed by atoms with E-state index in [9.17, 15) is 9.59 Å². The van der Waals surface area contributed by atoms with Gasteiger partial charge in [0.15, 0.2) is 0 Å². The minimum absolute atomic E-state index is 0.0812. The minimum Gasteiger partial charge on any atom is -0.383 e. The average molecular weight is 490 g/mol. The molecule has 0 unspecified atom stereocenters. The first-order valence-electron chi connectivity index (χ1n) is 11.9. The van der Waals surface area contributed by atoms with Gasteiger partial charge in [-0.1, -0.05) is 36.4 Å². The number of amides is 3. The molecule has 2 atom stereocenters. The number of rotatable bonds is 9. The second-order valence-electron chi connectivity index (χ2n) is 8.68. The zero-order valence-electron chi connectivity index (χ0n) is 20.4. The van der Waals surface area contributed by atoms with Crippen molar-refractivity contribution in [3.8, 4) is 0 Å². The molecule has 36 heavy (non-hydrogen) atoms. The van der Waals surface area contributed by atoms with Crippen molar-refractivity contribution in [3.63, 3.8) is 0 Å². The molecule has 0 bridgehead atoms. The molecule has 1 saturated heterocycles. The molecule has 0 spiro atoms. The lowest BCUT2D eigenvalue weighted by Crippen LogP contribution is -2.40. The lowest BCUT2D eigenvalue weighted by Gasteiger charge is -2.24. The van der Waals surface area contributed by atoms with Crippen molar-refractivity contribution >= 4 is 35.1 Å². The maximum atomic E-state index is 12.8. The molecule has 0 saturated carbocycles. The van der Waals surface area contributed by atoms with Gasteiger partial charge in [0, 0.05) is 37.3 Å². The van der Waals surface area contributed by atoms with Gasteiger partial charge in [0.1, 0.15) is 5.82 Å². The number of nitrogens with one attached hydrogen (secondary N) is 3. The molecule has 1 aliphatic heterocycles. The molecule has 1 fully saturated rings. The Hall–Kier alpha value is -4.18. The van der Waals surface area contributed by atoms with Crippen molar-refractivity contribution in [1.29, 1.82) is 0 Å². The van der Waals surface area contributed by atoms with Gasteiger partial charge < -0.3 is 31.3 Å². The van der Waals surface area contributed by atoms with Gasteiger partial charge in [-0.25, -0.2) is 9.78 Å². The summed E-state index contributed by atoms with van der Waals surface area (Å²) in [6.07, 6.45) is 3.29. The molecule has 0 radical (unpaired) electrons. The van der Waals surface area contributed by atoms with Crippen LogP contribution in [-0.2, 0) is 4.74 Å². The Morgan fingerprint density at radius 3 is 2.69 bits per heavy atom. The van der Waals surface area contributed by atoms with Crippen LogP contribution in [0.2, 0.25) is 0 Å². The Morgan fingerprint density at radius 1 is 1.17 bits per heavy atom. The lowest BCUT2D eigenvalue weighted by atomic mass is 10.1. The molecule has 5 N–H and O–H groups in total. The van der Waals surface area contributed by atoms with E-state index >= 15 is 0 Å². The maximum absolute atomic E-state index is 12.8. The highest BCUT2D eigenvalue weighted by atomic mass is 16.5. The molecular formula is C26H31N7O3. The molecule has 4 rings (SSSR count). The van der Waals surface area contributed by atoms with Crippen LogP contribution in [0.1, 0.15) is 41.7 Å². The Kier molecular flexibility index (Phi) is 7.96. The van der Waals surface area contributed by atoms with Crippen LogP contribution in [0.3, 0.4) is 0 Å². The third-order valence-electron chi connectivity index (χ3n) is 6.07. The van der Waals surface area contributed by atoms with Crippen molar-refractivity contribution in [2.24, 2.45) is 5.73 Å². The summed E-state index contributed by atoms with van der Waals surface area (Å²) in [5.41, 5.74) is 8.09. The second kappa shape index (κ2) is 11.5. The van der Waals surface area contributed by atoms with Crippen LogP contribution in [0.4, 0.5) is 27.9 Å². The number of ether oxygens (including phenoxy) is 1. The molecule has 0 aliphatic carbocycles. The average Bonchev–Trinajstić information content (AvgIpc) is 3.33. The van der Waals surface area contributed by atoms with Crippen LogP contribution >= 0.6 is 0 Å². The number of hydrogen-bond acceptors (Lipinski definition) is 7. The van der Waals surface area contributed by atoms with Gasteiger partial charge in [-0.05, 0) is 43.5 Å². The number of urea groups is 1. The number of aromatic nitrogens is 2. The van der Waals surface area contributed by atoms with Crippen LogP contribution < -0.4 is 21.7 Å². The van der Waals surface area contributed by atoms with Gasteiger partial charge in [0.05, 0.1) is 18.2 Å². The third kappa shape index (κ3) is 6.08. The maximum Gasteiger partial charge on any atom is 0.322 e. The van der Waals surface area contributed by atoms with Gasteiger partial charge in [-0.3, -0.25) is 4.79 Å². The number of methoxy groups -OCH3 is 1. The monoisotopic (exact) mass is 489 g/mol. The summed E-state index contributed by atoms with van der Waals surface area (Å²) >= 11 is 0. The molecule has 3 aromatic rings. The smallest absolute Gasteiger partial charge is 0.322 e. The summed E-state index contributed by atoms with van der Waals surface area (Å²) in [6, 6.07) is 16.9. The number of likely N-dealkylation sites (tertiary alicyclic amines) is 1.